The van der Waals surface area contributed by atoms with E-state index in [1.165, 1.54) is 6.07 Å². The van der Waals surface area contributed by atoms with Gasteiger partial charge in [0.1, 0.15) is 5.82 Å². The number of benzene rings is 1. The zero-order chi connectivity index (χ0) is 13.1. The number of nitrogens with two attached hydrogens (primary N) is 1. The van der Waals surface area contributed by atoms with Crippen molar-refractivity contribution in [2.75, 3.05) is 17.7 Å². The molecule has 0 amide bonds. The maximum atomic E-state index is 13.5. The number of hydrogen-bond donors (Lipinski definition) is 3. The Morgan fingerprint density at radius 1 is 1.39 bits per heavy atom. The van der Waals surface area contributed by atoms with E-state index in [0.717, 1.165) is 25.7 Å². The number of nitrogens with one attached hydrogen (secondary N) is 1. The predicted molar refractivity (Wildman–Crippen MR) is 80.0 cm³/mol. The number of aliphatic hydroxyl groups excluding tert-OH is 1. The third-order valence-corrected chi connectivity index (χ3v) is 4.40. The summed E-state index contributed by atoms with van der Waals surface area (Å²) in [6, 6.07) is 3.26. The highest BCUT2D eigenvalue weighted by atomic mass is 127. The van der Waals surface area contributed by atoms with Crippen molar-refractivity contribution in [1.29, 1.82) is 0 Å². The Hall–Kier alpha value is -0.560. The number of hydrogen-bond acceptors (Lipinski definition) is 3. The topological polar surface area (TPSA) is 58.3 Å². The van der Waals surface area contributed by atoms with E-state index in [9.17, 15) is 9.50 Å². The molecule has 2 unspecified atom stereocenters. The summed E-state index contributed by atoms with van der Waals surface area (Å²) in [6.45, 7) is 0.171. The molecule has 100 valence electrons. The molecule has 18 heavy (non-hydrogen) atoms. The molecule has 2 rings (SSSR count). The first-order chi connectivity index (χ1) is 8.61. The van der Waals surface area contributed by atoms with Gasteiger partial charge in [0.05, 0.1) is 14.9 Å². The van der Waals surface area contributed by atoms with Crippen molar-refractivity contribution in [3.63, 3.8) is 0 Å². The lowest BCUT2D eigenvalue weighted by Crippen LogP contribution is -2.34. The average molecular weight is 364 g/mol. The van der Waals surface area contributed by atoms with E-state index in [-0.39, 0.29) is 24.4 Å². The van der Waals surface area contributed by atoms with Gasteiger partial charge in [0.25, 0.3) is 0 Å². The molecule has 3 nitrogen and oxygen atoms in total. The number of anilines is 2. The van der Waals surface area contributed by atoms with Gasteiger partial charge in [-0.3, -0.25) is 0 Å². The Kier molecular flexibility index (Phi) is 4.66. The van der Waals surface area contributed by atoms with Crippen molar-refractivity contribution in [3.05, 3.63) is 21.5 Å². The number of halogens is 2. The van der Waals surface area contributed by atoms with Crippen molar-refractivity contribution < 1.29 is 9.50 Å². The fourth-order valence-corrected chi connectivity index (χ4v) is 2.99. The molecule has 1 aromatic carbocycles. The molecule has 0 spiro atoms. The Balaban J connectivity index is 2.15. The van der Waals surface area contributed by atoms with Crippen LogP contribution in [0.3, 0.4) is 0 Å². The number of aliphatic hydroxyl groups is 1. The number of nitrogen functional groups attached to an aromatic ring is 1. The first-order valence-electron chi connectivity index (χ1n) is 6.23. The monoisotopic (exact) mass is 364 g/mol. The second kappa shape index (κ2) is 6.06. The zero-order valence-electron chi connectivity index (χ0n) is 10.1. The predicted octanol–water partition coefficient (Wildman–Crippen LogP) is 2.98. The van der Waals surface area contributed by atoms with Crippen molar-refractivity contribution in [2.24, 2.45) is 5.92 Å². The lowest BCUT2D eigenvalue weighted by atomic mass is 9.85. The molecule has 5 heteroatoms. The second-order valence-corrected chi connectivity index (χ2v) is 5.99. The van der Waals surface area contributed by atoms with Crippen LogP contribution in [0.2, 0.25) is 0 Å². The van der Waals surface area contributed by atoms with Crippen LogP contribution in [-0.4, -0.2) is 17.8 Å². The maximum absolute atomic E-state index is 13.5. The van der Waals surface area contributed by atoms with Gasteiger partial charge in [0, 0.05) is 24.6 Å². The summed E-state index contributed by atoms with van der Waals surface area (Å²) in [6.07, 6.45) is 4.31. The lowest BCUT2D eigenvalue weighted by molar-refractivity contribution is 0.178. The van der Waals surface area contributed by atoms with E-state index < -0.39 is 0 Å². The van der Waals surface area contributed by atoms with Crippen LogP contribution in [0, 0.1) is 15.3 Å². The molecule has 0 aromatic heterocycles. The highest BCUT2D eigenvalue weighted by molar-refractivity contribution is 14.1. The van der Waals surface area contributed by atoms with Crippen LogP contribution in [0.15, 0.2) is 12.1 Å². The molecule has 1 aromatic rings. The standard InChI is InChI=1S/C13H18FIN2O/c14-9-5-13(11(16)6-10(9)15)17-12-4-2-1-3-8(12)7-18/h5-6,8,12,17-18H,1-4,7,16H2. The molecule has 0 bridgehead atoms. The van der Waals surface area contributed by atoms with Crippen LogP contribution < -0.4 is 11.1 Å². The van der Waals surface area contributed by atoms with Gasteiger partial charge >= 0.3 is 0 Å². The van der Waals surface area contributed by atoms with Crippen molar-refractivity contribution in [2.45, 2.75) is 31.7 Å². The molecule has 0 aliphatic heterocycles. The molecule has 1 aliphatic rings. The first-order valence-corrected chi connectivity index (χ1v) is 7.31. The molecule has 2 atom stereocenters. The van der Waals surface area contributed by atoms with Gasteiger partial charge in [-0.15, -0.1) is 0 Å². The van der Waals surface area contributed by atoms with E-state index in [1.54, 1.807) is 6.07 Å². The van der Waals surface area contributed by atoms with Crippen LogP contribution in [-0.2, 0) is 0 Å². The quantitative estimate of drug-likeness (QED) is 0.571. The Bertz CT molecular complexity index is 428. The molecule has 1 fully saturated rings. The fourth-order valence-electron chi connectivity index (χ4n) is 2.50. The van der Waals surface area contributed by atoms with Gasteiger partial charge in [-0.1, -0.05) is 12.8 Å². The van der Waals surface area contributed by atoms with Crippen LogP contribution in [0.5, 0.6) is 0 Å². The minimum absolute atomic E-state index is 0.171. The van der Waals surface area contributed by atoms with Gasteiger partial charge in [-0.05, 0) is 41.5 Å². The van der Waals surface area contributed by atoms with Crippen LogP contribution in [0.1, 0.15) is 25.7 Å². The average Bonchev–Trinajstić information content (AvgIpc) is 2.36. The Morgan fingerprint density at radius 3 is 2.83 bits per heavy atom. The van der Waals surface area contributed by atoms with Gasteiger partial charge in [-0.2, -0.15) is 0 Å². The van der Waals surface area contributed by atoms with E-state index in [2.05, 4.69) is 5.32 Å². The molecular formula is C13H18FIN2O. The molecule has 1 aliphatic carbocycles. The third kappa shape index (κ3) is 3.06. The summed E-state index contributed by atoms with van der Waals surface area (Å²) in [5.74, 6) is -0.0239. The summed E-state index contributed by atoms with van der Waals surface area (Å²) in [5.41, 5.74) is 7.09. The van der Waals surface area contributed by atoms with Crippen LogP contribution in [0.4, 0.5) is 15.8 Å². The van der Waals surface area contributed by atoms with Gasteiger partial charge in [0.2, 0.25) is 0 Å². The molecule has 0 heterocycles. The van der Waals surface area contributed by atoms with E-state index in [0.29, 0.717) is 14.9 Å². The van der Waals surface area contributed by atoms with Gasteiger partial charge in [0.15, 0.2) is 0 Å². The Morgan fingerprint density at radius 2 is 2.11 bits per heavy atom. The van der Waals surface area contributed by atoms with Gasteiger partial charge in [-0.25, -0.2) is 4.39 Å². The van der Waals surface area contributed by atoms with E-state index >= 15 is 0 Å². The zero-order valence-corrected chi connectivity index (χ0v) is 12.3. The van der Waals surface area contributed by atoms with Gasteiger partial charge < -0.3 is 16.2 Å². The third-order valence-electron chi connectivity index (χ3n) is 3.58. The second-order valence-electron chi connectivity index (χ2n) is 4.83. The SMILES string of the molecule is Nc1cc(I)c(F)cc1NC1CCCCC1CO. The largest absolute Gasteiger partial charge is 0.397 e. The molecule has 1 saturated carbocycles. The molecule has 0 saturated heterocycles. The minimum atomic E-state index is -0.261. The summed E-state index contributed by atoms with van der Waals surface area (Å²) in [5, 5.41) is 12.7. The fraction of sp³-hybridized carbons (Fsp3) is 0.538. The summed E-state index contributed by atoms with van der Waals surface area (Å²) >= 11 is 1.93. The first kappa shape index (κ1) is 13.9. The van der Waals surface area contributed by atoms with Crippen LogP contribution >= 0.6 is 22.6 Å². The normalized spacial score (nSPS) is 23.9. The maximum Gasteiger partial charge on any atom is 0.138 e. The summed E-state index contributed by atoms with van der Waals surface area (Å²) in [4.78, 5) is 0. The summed E-state index contributed by atoms with van der Waals surface area (Å²) < 4.78 is 14.1. The highest BCUT2D eigenvalue weighted by Gasteiger charge is 2.25. The van der Waals surface area contributed by atoms with Crippen molar-refractivity contribution >= 4 is 34.0 Å². The molecule has 0 radical (unpaired) electrons. The minimum Gasteiger partial charge on any atom is -0.397 e. The molecular weight excluding hydrogens is 346 g/mol. The summed E-state index contributed by atoms with van der Waals surface area (Å²) in [7, 11) is 0. The van der Waals surface area contributed by atoms with Crippen LogP contribution in [0.25, 0.3) is 0 Å². The Labute approximate surface area is 120 Å². The molecule has 4 N–H and O–H groups in total. The van der Waals surface area contributed by atoms with Crippen molar-refractivity contribution in [3.8, 4) is 0 Å². The van der Waals surface area contributed by atoms with E-state index in [1.807, 2.05) is 22.6 Å². The van der Waals surface area contributed by atoms with Crippen molar-refractivity contribution in [1.82, 2.24) is 0 Å². The lowest BCUT2D eigenvalue weighted by Gasteiger charge is -2.32. The smallest absolute Gasteiger partial charge is 0.138 e. The van der Waals surface area contributed by atoms with E-state index in [4.69, 9.17) is 5.73 Å². The highest BCUT2D eigenvalue weighted by Crippen LogP contribution is 2.30. The number of rotatable bonds is 3.